The number of hydrogen-bond acceptors (Lipinski definition) is 4. The summed E-state index contributed by atoms with van der Waals surface area (Å²) in [4.78, 5) is 15.1. The Morgan fingerprint density at radius 1 is 1.12 bits per heavy atom. The second-order valence-electron chi connectivity index (χ2n) is 7.11. The molecule has 2 unspecified atom stereocenters. The number of benzene rings is 1. The van der Waals surface area contributed by atoms with E-state index < -0.39 is 0 Å². The van der Waals surface area contributed by atoms with Crippen molar-refractivity contribution in [2.45, 2.75) is 44.3 Å². The summed E-state index contributed by atoms with van der Waals surface area (Å²) in [6.45, 7) is 0.790. The van der Waals surface area contributed by atoms with Gasteiger partial charge in [0.25, 0.3) is 0 Å². The summed E-state index contributed by atoms with van der Waals surface area (Å²) in [5.74, 6) is 2.17. The van der Waals surface area contributed by atoms with Gasteiger partial charge in [-0.3, -0.25) is 4.79 Å². The average molecular weight is 364 g/mol. The molecule has 3 aromatic rings. The molecule has 2 atom stereocenters. The lowest BCUT2D eigenvalue weighted by molar-refractivity contribution is -0.133. The fourth-order valence-corrected chi connectivity index (χ4v) is 4.98. The van der Waals surface area contributed by atoms with Crippen molar-refractivity contribution in [2.24, 2.45) is 0 Å². The minimum Gasteiger partial charge on any atom is -0.334 e. The molecule has 0 N–H and O–H groups in total. The summed E-state index contributed by atoms with van der Waals surface area (Å²) >= 11 is 1.65. The summed E-state index contributed by atoms with van der Waals surface area (Å²) in [6, 6.07) is 12.7. The van der Waals surface area contributed by atoms with Gasteiger partial charge in [-0.1, -0.05) is 30.3 Å². The molecule has 2 aliphatic heterocycles. The number of carbonyl (C=O) groups excluding carboxylic acids is 1. The van der Waals surface area contributed by atoms with Crippen LogP contribution < -0.4 is 0 Å². The van der Waals surface area contributed by atoms with Crippen LogP contribution in [0.15, 0.2) is 47.2 Å². The topological polar surface area (TPSA) is 51.0 Å². The van der Waals surface area contributed by atoms with Crippen molar-refractivity contribution >= 4 is 17.2 Å². The first-order valence-corrected chi connectivity index (χ1v) is 10.0. The number of fused-ring (bicyclic) bond motifs is 3. The monoisotopic (exact) mass is 364 g/mol. The van der Waals surface area contributed by atoms with Crippen LogP contribution in [-0.2, 0) is 24.2 Å². The van der Waals surface area contributed by atoms with Crippen LogP contribution in [0.4, 0.5) is 0 Å². The van der Waals surface area contributed by atoms with Crippen molar-refractivity contribution in [3.05, 3.63) is 58.5 Å². The smallest absolute Gasteiger partial charge is 0.227 e. The van der Waals surface area contributed by atoms with Crippen LogP contribution in [-0.4, -0.2) is 37.7 Å². The number of hydrogen-bond donors (Lipinski definition) is 0. The van der Waals surface area contributed by atoms with E-state index in [2.05, 4.69) is 37.2 Å². The minimum absolute atomic E-state index is 0.242. The van der Waals surface area contributed by atoms with E-state index in [1.807, 2.05) is 29.6 Å². The highest BCUT2D eigenvalue weighted by molar-refractivity contribution is 7.08. The van der Waals surface area contributed by atoms with Gasteiger partial charge in [0, 0.05) is 24.6 Å². The highest BCUT2D eigenvalue weighted by Gasteiger charge is 2.40. The summed E-state index contributed by atoms with van der Waals surface area (Å²) in [5, 5.41) is 13.0. The molecule has 1 aromatic carbocycles. The number of rotatable bonds is 3. The van der Waals surface area contributed by atoms with Gasteiger partial charge < -0.3 is 9.47 Å². The summed E-state index contributed by atoms with van der Waals surface area (Å²) in [5.41, 5.74) is 2.20. The van der Waals surface area contributed by atoms with Gasteiger partial charge in [-0.15, -0.1) is 10.2 Å². The van der Waals surface area contributed by atoms with Crippen molar-refractivity contribution in [3.8, 4) is 11.4 Å². The molecule has 2 bridgehead atoms. The Morgan fingerprint density at radius 2 is 1.96 bits per heavy atom. The van der Waals surface area contributed by atoms with E-state index in [9.17, 15) is 4.79 Å². The minimum atomic E-state index is 0.242. The summed E-state index contributed by atoms with van der Waals surface area (Å²) in [7, 11) is 0. The fourth-order valence-electron chi connectivity index (χ4n) is 4.31. The third-order valence-electron chi connectivity index (χ3n) is 5.51. The van der Waals surface area contributed by atoms with Crippen molar-refractivity contribution in [1.82, 2.24) is 19.7 Å². The van der Waals surface area contributed by atoms with E-state index in [1.54, 1.807) is 11.3 Å². The third-order valence-corrected chi connectivity index (χ3v) is 6.25. The molecule has 0 radical (unpaired) electrons. The zero-order chi connectivity index (χ0) is 17.5. The molecule has 0 spiro atoms. The van der Waals surface area contributed by atoms with E-state index in [-0.39, 0.29) is 18.0 Å². The predicted molar refractivity (Wildman–Crippen MR) is 101 cm³/mol. The van der Waals surface area contributed by atoms with E-state index in [0.29, 0.717) is 6.42 Å². The van der Waals surface area contributed by atoms with Gasteiger partial charge in [-0.05, 0) is 35.2 Å². The molecular weight excluding hydrogens is 344 g/mol. The fraction of sp³-hybridized carbons (Fsp3) is 0.350. The molecule has 2 aliphatic rings. The van der Waals surface area contributed by atoms with Crippen LogP contribution in [0.2, 0.25) is 0 Å². The molecule has 1 fully saturated rings. The highest BCUT2D eigenvalue weighted by Crippen LogP contribution is 2.33. The molecule has 5 rings (SSSR count). The lowest BCUT2D eigenvalue weighted by Gasteiger charge is -2.28. The van der Waals surface area contributed by atoms with Crippen molar-refractivity contribution in [1.29, 1.82) is 0 Å². The Balaban J connectivity index is 1.44. The maximum atomic E-state index is 13.0. The van der Waals surface area contributed by atoms with Gasteiger partial charge in [-0.2, -0.15) is 11.3 Å². The molecule has 26 heavy (non-hydrogen) atoms. The van der Waals surface area contributed by atoms with Gasteiger partial charge in [0.1, 0.15) is 5.82 Å². The Bertz CT molecular complexity index is 919. The van der Waals surface area contributed by atoms with Crippen molar-refractivity contribution in [3.63, 3.8) is 0 Å². The average Bonchev–Trinajstić information content (AvgIpc) is 3.35. The third kappa shape index (κ3) is 2.65. The van der Waals surface area contributed by atoms with E-state index in [1.165, 1.54) is 0 Å². The van der Waals surface area contributed by atoms with E-state index in [0.717, 1.165) is 48.6 Å². The summed E-state index contributed by atoms with van der Waals surface area (Å²) in [6.07, 6.45) is 3.42. The Labute approximate surface area is 156 Å². The van der Waals surface area contributed by atoms with Crippen molar-refractivity contribution in [2.75, 3.05) is 0 Å². The molecule has 1 amide bonds. The molecule has 2 aromatic heterocycles. The largest absolute Gasteiger partial charge is 0.334 e. The number of thiophene rings is 1. The number of carbonyl (C=O) groups is 1. The Hall–Kier alpha value is -2.47. The van der Waals surface area contributed by atoms with E-state index >= 15 is 0 Å². The second-order valence-corrected chi connectivity index (χ2v) is 7.90. The molecule has 0 saturated carbocycles. The Morgan fingerprint density at radius 3 is 2.77 bits per heavy atom. The molecule has 4 heterocycles. The zero-order valence-electron chi connectivity index (χ0n) is 14.4. The van der Waals surface area contributed by atoms with Crippen LogP contribution in [0.5, 0.6) is 0 Å². The van der Waals surface area contributed by atoms with Gasteiger partial charge in [-0.25, -0.2) is 0 Å². The van der Waals surface area contributed by atoms with Crippen LogP contribution in [0, 0.1) is 0 Å². The van der Waals surface area contributed by atoms with Crippen LogP contribution in [0.25, 0.3) is 11.4 Å². The highest BCUT2D eigenvalue weighted by atomic mass is 32.1. The number of amides is 1. The van der Waals surface area contributed by atoms with Gasteiger partial charge >= 0.3 is 0 Å². The molecule has 5 nitrogen and oxygen atoms in total. The second kappa shape index (κ2) is 6.36. The van der Waals surface area contributed by atoms with E-state index in [4.69, 9.17) is 0 Å². The standard InChI is InChI=1S/C20H20N4OS/c25-19(10-14-8-9-26-13-14)24-16-6-7-17(24)12-23-18(11-16)21-22-20(23)15-4-2-1-3-5-15/h1-5,8-9,13,16-17H,6-7,10-12H2. The van der Waals surface area contributed by atoms with Gasteiger partial charge in [0.15, 0.2) is 5.82 Å². The van der Waals surface area contributed by atoms with Gasteiger partial charge in [0.05, 0.1) is 12.5 Å². The van der Waals surface area contributed by atoms with Crippen molar-refractivity contribution < 1.29 is 4.79 Å². The van der Waals surface area contributed by atoms with Crippen LogP contribution in [0.1, 0.15) is 24.2 Å². The normalized spacial score (nSPS) is 21.5. The number of nitrogens with zero attached hydrogens (tertiary/aromatic N) is 4. The van der Waals surface area contributed by atoms with Crippen LogP contribution in [0.3, 0.4) is 0 Å². The summed E-state index contributed by atoms with van der Waals surface area (Å²) < 4.78 is 2.23. The maximum Gasteiger partial charge on any atom is 0.227 e. The molecule has 6 heteroatoms. The molecule has 0 aliphatic carbocycles. The maximum absolute atomic E-state index is 13.0. The zero-order valence-corrected chi connectivity index (χ0v) is 15.2. The number of aromatic nitrogens is 3. The first-order chi connectivity index (χ1) is 12.8. The first kappa shape index (κ1) is 15.8. The molecular formula is C20H20N4OS. The van der Waals surface area contributed by atoms with Gasteiger partial charge in [0.2, 0.25) is 5.91 Å². The van der Waals surface area contributed by atoms with Crippen LogP contribution >= 0.6 is 11.3 Å². The lowest BCUT2D eigenvalue weighted by atomic mass is 10.1. The predicted octanol–water partition coefficient (Wildman–Crippen LogP) is 3.17. The molecule has 1 saturated heterocycles. The SMILES string of the molecule is O=C(Cc1ccsc1)N1C2CCC1Cn1c(nnc1-c1ccccc1)C2. The quantitative estimate of drug-likeness (QED) is 0.717. The molecule has 132 valence electrons. The lowest BCUT2D eigenvalue weighted by Crippen LogP contribution is -2.42. The first-order valence-electron chi connectivity index (χ1n) is 9.09. The Kier molecular flexibility index (Phi) is 3.85.